The lowest BCUT2D eigenvalue weighted by Gasteiger charge is -2.39. The third-order valence-corrected chi connectivity index (χ3v) is 5.06. The van der Waals surface area contributed by atoms with Crippen molar-refractivity contribution in [2.75, 3.05) is 19.6 Å². The van der Waals surface area contributed by atoms with Crippen molar-refractivity contribution in [3.8, 4) is 0 Å². The van der Waals surface area contributed by atoms with Crippen molar-refractivity contribution in [3.05, 3.63) is 17.0 Å². The van der Waals surface area contributed by atoms with Gasteiger partial charge in [0.05, 0.1) is 0 Å². The van der Waals surface area contributed by atoms with E-state index in [1.807, 2.05) is 6.92 Å². The second-order valence-electron chi connectivity index (χ2n) is 6.40. The monoisotopic (exact) mass is 325 g/mol. The molecule has 0 saturated heterocycles. The van der Waals surface area contributed by atoms with Gasteiger partial charge in [0.2, 0.25) is 0 Å². The molecule has 0 radical (unpaired) electrons. The Balaban J connectivity index is 2.84. The van der Waals surface area contributed by atoms with Crippen molar-refractivity contribution in [2.45, 2.75) is 60.6 Å². The molecule has 0 fully saturated rings. The van der Waals surface area contributed by atoms with Gasteiger partial charge in [0.1, 0.15) is 6.61 Å². The summed E-state index contributed by atoms with van der Waals surface area (Å²) >= 11 is 0. The normalized spacial score (nSPS) is 15.5. The molecular weight excluding hydrogens is 294 g/mol. The largest absolute Gasteiger partial charge is 0.388 e. The first-order chi connectivity index (χ1) is 10.8. The number of aliphatic hydroxyl groups excluding tert-OH is 1. The van der Waals surface area contributed by atoms with Gasteiger partial charge in [-0.3, -0.25) is 4.79 Å². The Labute approximate surface area is 139 Å². The van der Waals surface area contributed by atoms with Crippen LogP contribution in [0.2, 0.25) is 0 Å². The smallest absolute Gasteiger partial charge is 0.273 e. The van der Waals surface area contributed by atoms with E-state index in [9.17, 15) is 4.79 Å². The topological polar surface area (TPSA) is 78.6 Å². The summed E-state index contributed by atoms with van der Waals surface area (Å²) in [5.74, 6) is 0.0851. The number of amides is 1. The van der Waals surface area contributed by atoms with Crippen LogP contribution in [-0.2, 0) is 6.61 Å². The number of rotatable bonds is 9. The minimum absolute atomic E-state index is 0.00530. The SMILES string of the molecule is CCN(CC)CC(C)(CC)C(C)NC(=O)c1noc(CO)c1C. The average Bonchev–Trinajstić information content (AvgIpc) is 2.92. The fourth-order valence-electron chi connectivity index (χ4n) is 2.68. The predicted molar refractivity (Wildman–Crippen MR) is 90.3 cm³/mol. The third kappa shape index (κ3) is 4.54. The van der Waals surface area contributed by atoms with Gasteiger partial charge in [-0.15, -0.1) is 0 Å². The Morgan fingerprint density at radius 3 is 2.43 bits per heavy atom. The summed E-state index contributed by atoms with van der Waals surface area (Å²) < 4.78 is 4.99. The van der Waals surface area contributed by atoms with Gasteiger partial charge in [-0.1, -0.05) is 32.9 Å². The van der Waals surface area contributed by atoms with Crippen LogP contribution < -0.4 is 5.32 Å². The van der Waals surface area contributed by atoms with E-state index in [1.165, 1.54) is 0 Å². The van der Waals surface area contributed by atoms with Gasteiger partial charge < -0.3 is 19.8 Å². The highest BCUT2D eigenvalue weighted by Gasteiger charge is 2.33. The van der Waals surface area contributed by atoms with Gasteiger partial charge in [0.15, 0.2) is 11.5 Å². The summed E-state index contributed by atoms with van der Waals surface area (Å²) in [6.45, 7) is 15.1. The number of nitrogens with one attached hydrogen (secondary N) is 1. The standard InChI is InChI=1S/C17H31N3O3/c1-7-17(6,11-20(8-2)9-3)13(5)18-16(22)15-12(4)14(10-21)23-19-15/h13,21H,7-11H2,1-6H3,(H,18,22). The van der Waals surface area contributed by atoms with Gasteiger partial charge >= 0.3 is 0 Å². The number of hydrogen-bond donors (Lipinski definition) is 2. The van der Waals surface area contributed by atoms with Crippen LogP contribution in [0.3, 0.4) is 0 Å². The lowest BCUT2D eigenvalue weighted by molar-refractivity contribution is 0.0831. The van der Waals surface area contributed by atoms with Crippen LogP contribution in [0.4, 0.5) is 0 Å². The zero-order chi connectivity index (χ0) is 17.6. The minimum atomic E-state index is -0.254. The second-order valence-corrected chi connectivity index (χ2v) is 6.40. The lowest BCUT2D eigenvalue weighted by atomic mass is 9.79. The van der Waals surface area contributed by atoms with E-state index in [-0.39, 0.29) is 29.7 Å². The number of carbonyl (C=O) groups is 1. The number of carbonyl (C=O) groups excluding carboxylic acids is 1. The zero-order valence-corrected chi connectivity index (χ0v) is 15.3. The molecular formula is C17H31N3O3. The molecule has 1 aromatic heterocycles. The number of nitrogens with zero attached hydrogens (tertiary/aromatic N) is 2. The molecule has 0 aliphatic rings. The van der Waals surface area contributed by atoms with Gasteiger partial charge in [0.25, 0.3) is 5.91 Å². The number of aliphatic hydroxyl groups is 1. The van der Waals surface area contributed by atoms with Crippen LogP contribution >= 0.6 is 0 Å². The van der Waals surface area contributed by atoms with Gasteiger partial charge in [-0.05, 0) is 38.8 Å². The molecule has 0 bridgehead atoms. The molecule has 0 aromatic carbocycles. The highest BCUT2D eigenvalue weighted by Crippen LogP contribution is 2.27. The van der Waals surface area contributed by atoms with E-state index in [0.717, 1.165) is 26.1 Å². The Morgan fingerprint density at radius 1 is 1.39 bits per heavy atom. The minimum Gasteiger partial charge on any atom is -0.388 e. The van der Waals surface area contributed by atoms with Gasteiger partial charge in [0, 0.05) is 18.2 Å². The molecule has 6 heteroatoms. The average molecular weight is 325 g/mol. The molecule has 1 heterocycles. The summed E-state index contributed by atoms with van der Waals surface area (Å²) in [6.07, 6.45) is 0.963. The first-order valence-electron chi connectivity index (χ1n) is 8.42. The van der Waals surface area contributed by atoms with E-state index < -0.39 is 0 Å². The molecule has 2 atom stereocenters. The van der Waals surface area contributed by atoms with E-state index in [4.69, 9.17) is 9.63 Å². The summed E-state index contributed by atoms with van der Waals surface area (Å²) in [5, 5.41) is 16.0. The predicted octanol–water partition coefficient (Wildman–Crippen LogP) is 2.35. The van der Waals surface area contributed by atoms with E-state index in [0.29, 0.717) is 11.3 Å². The molecule has 6 nitrogen and oxygen atoms in total. The van der Waals surface area contributed by atoms with E-state index in [1.54, 1.807) is 6.92 Å². The van der Waals surface area contributed by atoms with Crippen LogP contribution in [0.1, 0.15) is 62.9 Å². The molecule has 1 amide bonds. The summed E-state index contributed by atoms with van der Waals surface area (Å²) in [5.41, 5.74) is 0.820. The van der Waals surface area contributed by atoms with Crippen molar-refractivity contribution in [1.29, 1.82) is 0 Å². The maximum atomic E-state index is 12.5. The molecule has 0 aliphatic heterocycles. The van der Waals surface area contributed by atoms with Gasteiger partial charge in [-0.2, -0.15) is 0 Å². The number of aromatic nitrogens is 1. The fourth-order valence-corrected chi connectivity index (χ4v) is 2.68. The highest BCUT2D eigenvalue weighted by molar-refractivity contribution is 5.93. The highest BCUT2D eigenvalue weighted by atomic mass is 16.5. The Kier molecular flexibility index (Phi) is 7.22. The van der Waals surface area contributed by atoms with Crippen molar-refractivity contribution >= 4 is 5.91 Å². The van der Waals surface area contributed by atoms with Crippen LogP contribution in [0.25, 0.3) is 0 Å². The first kappa shape index (κ1) is 19.6. The Morgan fingerprint density at radius 2 is 2.00 bits per heavy atom. The molecule has 2 unspecified atom stereocenters. The number of hydrogen-bond acceptors (Lipinski definition) is 5. The van der Waals surface area contributed by atoms with Gasteiger partial charge in [-0.25, -0.2) is 0 Å². The van der Waals surface area contributed by atoms with Crippen molar-refractivity contribution in [3.63, 3.8) is 0 Å². The molecule has 1 rings (SSSR count). The molecule has 0 saturated carbocycles. The van der Waals surface area contributed by atoms with Crippen molar-refractivity contribution < 1.29 is 14.4 Å². The molecule has 2 N–H and O–H groups in total. The van der Waals surface area contributed by atoms with E-state index in [2.05, 4.69) is 43.1 Å². The van der Waals surface area contributed by atoms with Crippen LogP contribution in [0.5, 0.6) is 0 Å². The lowest BCUT2D eigenvalue weighted by Crippen LogP contribution is -2.50. The molecule has 1 aromatic rings. The molecule has 0 aliphatic carbocycles. The maximum absolute atomic E-state index is 12.5. The maximum Gasteiger partial charge on any atom is 0.273 e. The molecule has 0 spiro atoms. The fraction of sp³-hybridized carbons (Fsp3) is 0.765. The van der Waals surface area contributed by atoms with Crippen molar-refractivity contribution in [2.24, 2.45) is 5.41 Å². The Hall–Kier alpha value is -1.40. The quantitative estimate of drug-likeness (QED) is 0.728. The van der Waals surface area contributed by atoms with Crippen LogP contribution in [-0.4, -0.2) is 46.7 Å². The third-order valence-electron chi connectivity index (χ3n) is 5.06. The summed E-state index contributed by atoms with van der Waals surface area (Å²) in [4.78, 5) is 14.8. The van der Waals surface area contributed by atoms with Crippen molar-refractivity contribution in [1.82, 2.24) is 15.4 Å². The summed E-state index contributed by atoms with van der Waals surface area (Å²) in [7, 11) is 0. The molecule has 132 valence electrons. The van der Waals surface area contributed by atoms with Crippen LogP contribution in [0, 0.1) is 12.3 Å². The summed E-state index contributed by atoms with van der Waals surface area (Å²) in [6, 6.07) is -0.00530. The van der Waals surface area contributed by atoms with E-state index >= 15 is 0 Å². The first-order valence-corrected chi connectivity index (χ1v) is 8.42. The Bertz CT molecular complexity index is 511. The molecule has 23 heavy (non-hydrogen) atoms. The van der Waals surface area contributed by atoms with Crippen LogP contribution in [0.15, 0.2) is 4.52 Å². The second kappa shape index (κ2) is 8.45. The zero-order valence-electron chi connectivity index (χ0n) is 15.3.